The third-order valence-corrected chi connectivity index (χ3v) is 4.11. The number of hydrogen-bond acceptors (Lipinski definition) is 4. The standard InChI is InChI=1S/C16H13F6N5O/c17-10-6-12(19)11(18)4-8(10)3-9(23)5-14(28)26-1-2-27-13(7-26)24-25-15(27)16(20,21)22/h4-6H,1-3,7,23H2/b9-5-. The first-order valence-electron chi connectivity index (χ1n) is 7.94. The third kappa shape index (κ3) is 3.94. The SMILES string of the molecule is N/C(=C\C(=O)N1CCn2c(nnc2C(F)(F)F)C1)Cc1cc(F)c(F)cc1F. The Bertz CT molecular complexity index is 952. The van der Waals surface area contributed by atoms with Crippen LogP contribution in [0.1, 0.15) is 17.2 Å². The van der Waals surface area contributed by atoms with Gasteiger partial charge in [0.1, 0.15) is 5.82 Å². The van der Waals surface area contributed by atoms with Crippen molar-refractivity contribution in [3.05, 3.63) is 58.6 Å². The summed E-state index contributed by atoms with van der Waals surface area (Å²) in [5.41, 5.74) is 5.31. The number of halogens is 6. The van der Waals surface area contributed by atoms with E-state index in [0.717, 1.165) is 10.6 Å². The van der Waals surface area contributed by atoms with Crippen molar-refractivity contribution in [1.29, 1.82) is 0 Å². The molecule has 28 heavy (non-hydrogen) atoms. The van der Waals surface area contributed by atoms with Crippen LogP contribution in [0.4, 0.5) is 26.3 Å². The minimum atomic E-state index is -4.66. The van der Waals surface area contributed by atoms with Gasteiger partial charge in [0.2, 0.25) is 11.7 Å². The third-order valence-electron chi connectivity index (χ3n) is 4.11. The molecular formula is C16H13F6N5O. The van der Waals surface area contributed by atoms with Gasteiger partial charge in [-0.15, -0.1) is 10.2 Å². The molecule has 3 rings (SSSR count). The van der Waals surface area contributed by atoms with E-state index in [-0.39, 0.29) is 43.1 Å². The Kier molecular flexibility index (Phi) is 5.04. The van der Waals surface area contributed by atoms with E-state index in [1.165, 1.54) is 4.90 Å². The second-order valence-corrected chi connectivity index (χ2v) is 6.10. The summed E-state index contributed by atoms with van der Waals surface area (Å²) < 4.78 is 79.2. The molecule has 0 fully saturated rings. The molecule has 1 aromatic heterocycles. The van der Waals surface area contributed by atoms with Crippen molar-refractivity contribution in [2.45, 2.75) is 25.7 Å². The molecule has 1 aliphatic rings. The second-order valence-electron chi connectivity index (χ2n) is 6.10. The molecule has 2 N–H and O–H groups in total. The molecule has 6 nitrogen and oxygen atoms in total. The maximum atomic E-state index is 13.7. The van der Waals surface area contributed by atoms with Gasteiger partial charge < -0.3 is 15.2 Å². The minimum Gasteiger partial charge on any atom is -0.402 e. The lowest BCUT2D eigenvalue weighted by Gasteiger charge is -2.27. The molecule has 0 saturated carbocycles. The van der Waals surface area contributed by atoms with Crippen LogP contribution in [0.25, 0.3) is 0 Å². The summed E-state index contributed by atoms with van der Waals surface area (Å²) in [6.45, 7) is -0.421. The number of hydrogen-bond donors (Lipinski definition) is 1. The van der Waals surface area contributed by atoms with Crippen LogP contribution in [0, 0.1) is 17.5 Å². The highest BCUT2D eigenvalue weighted by atomic mass is 19.4. The number of fused-ring (bicyclic) bond motifs is 1. The van der Waals surface area contributed by atoms with E-state index in [1.54, 1.807) is 0 Å². The highest BCUT2D eigenvalue weighted by Crippen LogP contribution is 2.29. The van der Waals surface area contributed by atoms with Gasteiger partial charge in [-0.05, 0) is 11.6 Å². The summed E-state index contributed by atoms with van der Waals surface area (Å²) in [4.78, 5) is 13.5. The minimum absolute atomic E-state index is 0.0365. The number of rotatable bonds is 3. The Balaban J connectivity index is 1.71. The van der Waals surface area contributed by atoms with Gasteiger partial charge in [-0.1, -0.05) is 0 Å². The summed E-state index contributed by atoms with van der Waals surface area (Å²) in [7, 11) is 0. The lowest BCUT2D eigenvalue weighted by atomic mass is 10.1. The van der Waals surface area contributed by atoms with Crippen LogP contribution in [-0.4, -0.2) is 32.1 Å². The average molecular weight is 405 g/mol. The van der Waals surface area contributed by atoms with Gasteiger partial charge in [0, 0.05) is 37.3 Å². The molecule has 0 bridgehead atoms. The zero-order valence-electron chi connectivity index (χ0n) is 14.1. The first-order valence-corrected chi connectivity index (χ1v) is 7.94. The first kappa shape index (κ1) is 19.7. The van der Waals surface area contributed by atoms with E-state index in [0.29, 0.717) is 12.1 Å². The normalized spacial score (nSPS) is 14.9. The summed E-state index contributed by atoms with van der Waals surface area (Å²) in [5.74, 6) is -5.44. The van der Waals surface area contributed by atoms with E-state index in [2.05, 4.69) is 10.2 Å². The van der Waals surface area contributed by atoms with Crippen LogP contribution in [0.5, 0.6) is 0 Å². The van der Waals surface area contributed by atoms with Crippen molar-refractivity contribution in [3.63, 3.8) is 0 Å². The average Bonchev–Trinajstić information content (AvgIpc) is 3.03. The number of benzene rings is 1. The van der Waals surface area contributed by atoms with Crippen molar-refractivity contribution in [3.8, 4) is 0 Å². The summed E-state index contributed by atoms with van der Waals surface area (Å²) in [6.07, 6.45) is -4.05. The molecule has 12 heteroatoms. The monoisotopic (exact) mass is 405 g/mol. The maximum absolute atomic E-state index is 13.7. The number of amides is 1. The quantitative estimate of drug-likeness (QED) is 0.482. The number of nitrogens with two attached hydrogens (primary N) is 1. The number of carbonyl (C=O) groups excluding carboxylic acids is 1. The second kappa shape index (κ2) is 7.17. The van der Waals surface area contributed by atoms with Gasteiger partial charge in [-0.2, -0.15) is 13.2 Å². The smallest absolute Gasteiger partial charge is 0.402 e. The number of nitrogens with zero attached hydrogens (tertiary/aromatic N) is 4. The van der Waals surface area contributed by atoms with Crippen LogP contribution in [0.2, 0.25) is 0 Å². The van der Waals surface area contributed by atoms with E-state index >= 15 is 0 Å². The van der Waals surface area contributed by atoms with Crippen LogP contribution in [0.3, 0.4) is 0 Å². The Morgan fingerprint density at radius 1 is 1.11 bits per heavy atom. The Labute approximate surface area is 154 Å². The molecule has 0 spiro atoms. The lowest BCUT2D eigenvalue weighted by molar-refractivity contribution is -0.148. The molecule has 0 aliphatic carbocycles. The predicted molar refractivity (Wildman–Crippen MR) is 82.7 cm³/mol. The topological polar surface area (TPSA) is 77.0 Å². The molecule has 0 unspecified atom stereocenters. The molecule has 1 aromatic carbocycles. The van der Waals surface area contributed by atoms with Crippen LogP contribution < -0.4 is 5.73 Å². The Hall–Kier alpha value is -3.05. The zero-order chi connectivity index (χ0) is 20.6. The molecule has 150 valence electrons. The van der Waals surface area contributed by atoms with Crippen molar-refractivity contribution in [2.75, 3.05) is 6.54 Å². The molecule has 0 saturated heterocycles. The summed E-state index contributed by atoms with van der Waals surface area (Å²) in [6, 6.07) is 1.01. The van der Waals surface area contributed by atoms with E-state index in [9.17, 15) is 31.1 Å². The van der Waals surface area contributed by atoms with Crippen molar-refractivity contribution >= 4 is 5.91 Å². The number of aromatic nitrogens is 3. The Morgan fingerprint density at radius 3 is 2.46 bits per heavy atom. The Morgan fingerprint density at radius 2 is 1.79 bits per heavy atom. The molecule has 2 aromatic rings. The van der Waals surface area contributed by atoms with Crippen molar-refractivity contribution in [1.82, 2.24) is 19.7 Å². The molecular weight excluding hydrogens is 392 g/mol. The van der Waals surface area contributed by atoms with E-state index in [1.807, 2.05) is 0 Å². The van der Waals surface area contributed by atoms with Gasteiger partial charge in [0.15, 0.2) is 17.5 Å². The van der Waals surface area contributed by atoms with Crippen LogP contribution >= 0.6 is 0 Å². The van der Waals surface area contributed by atoms with Crippen molar-refractivity contribution < 1.29 is 31.1 Å². The maximum Gasteiger partial charge on any atom is 0.451 e. The highest BCUT2D eigenvalue weighted by molar-refractivity contribution is 5.88. The van der Waals surface area contributed by atoms with Gasteiger partial charge in [0.25, 0.3) is 0 Å². The number of carbonyl (C=O) groups is 1. The summed E-state index contributed by atoms with van der Waals surface area (Å²) in [5, 5.41) is 6.56. The van der Waals surface area contributed by atoms with E-state index in [4.69, 9.17) is 5.73 Å². The van der Waals surface area contributed by atoms with Crippen LogP contribution in [-0.2, 0) is 30.5 Å². The molecule has 2 heterocycles. The fourth-order valence-electron chi connectivity index (χ4n) is 2.78. The molecule has 1 aliphatic heterocycles. The molecule has 0 atom stereocenters. The molecule has 0 radical (unpaired) electrons. The number of allylic oxidation sites excluding steroid dienone is 1. The fraction of sp³-hybridized carbons (Fsp3) is 0.312. The van der Waals surface area contributed by atoms with E-state index < -0.39 is 35.4 Å². The van der Waals surface area contributed by atoms with Crippen LogP contribution in [0.15, 0.2) is 23.9 Å². The van der Waals surface area contributed by atoms with Gasteiger partial charge in [0.05, 0.1) is 6.54 Å². The van der Waals surface area contributed by atoms with Crippen molar-refractivity contribution in [2.24, 2.45) is 5.73 Å². The zero-order valence-corrected chi connectivity index (χ0v) is 14.1. The molecule has 1 amide bonds. The van der Waals surface area contributed by atoms with Gasteiger partial charge in [-0.3, -0.25) is 4.79 Å². The van der Waals surface area contributed by atoms with Gasteiger partial charge >= 0.3 is 6.18 Å². The first-order chi connectivity index (χ1) is 13.1. The predicted octanol–water partition coefficient (Wildman–Crippen LogP) is 2.14. The highest BCUT2D eigenvalue weighted by Gasteiger charge is 2.39. The lowest BCUT2D eigenvalue weighted by Crippen LogP contribution is -2.38. The largest absolute Gasteiger partial charge is 0.451 e. The fourth-order valence-corrected chi connectivity index (χ4v) is 2.78. The number of alkyl halides is 3. The van der Waals surface area contributed by atoms with Gasteiger partial charge in [-0.25, -0.2) is 13.2 Å². The summed E-state index contributed by atoms with van der Waals surface area (Å²) >= 11 is 0.